The Morgan fingerprint density at radius 1 is 1.07 bits per heavy atom. The fraction of sp³-hybridized carbons (Fsp3) is 0.417. The van der Waals surface area contributed by atoms with E-state index in [-0.39, 0.29) is 30.9 Å². The van der Waals surface area contributed by atoms with Gasteiger partial charge in [-0.2, -0.15) is 0 Å². The molecule has 2 aromatic carbocycles. The van der Waals surface area contributed by atoms with E-state index in [4.69, 9.17) is 5.73 Å². The number of aliphatic hydroxyl groups is 1. The number of allylic oxidation sites excluding steroid dienone is 2. The molecule has 10 heteroatoms. The normalized spacial score (nSPS) is 17.6. The second kappa shape index (κ2) is 15.9. The molecule has 1 aliphatic carbocycles. The van der Waals surface area contributed by atoms with Crippen LogP contribution in [0.25, 0.3) is 5.57 Å². The topological polar surface area (TPSA) is 124 Å². The second-order valence-electron chi connectivity index (χ2n) is 12.1. The number of nitrogens with zero attached hydrogens (tertiary/aromatic N) is 2. The molecule has 5 N–H and O–H groups in total. The number of hydrogen-bond donors (Lipinski definition) is 4. The standard InChI is InChI=1S/C36H45F2N5O3/c1-4-10-43(11-5-2)34(45)28-16-27(32-21-41-23-42-32)18-36(19-28,35(39)46)31(15-26-13-29(37)17-30(38)14-26)33(44)22-40-20-25-9-7-8-24(6-3)12-25/h7-9,12-14,16-18,21,23,31,33,40,44H,4-6,10-11,15,19-20,22H2,1-3H3,(H2,39,46)(H,41,42)/t31-,33+,36?/m1/s1. The van der Waals surface area contributed by atoms with Gasteiger partial charge in [-0.25, -0.2) is 13.8 Å². The van der Waals surface area contributed by atoms with E-state index >= 15 is 0 Å². The molecule has 0 aliphatic heterocycles. The van der Waals surface area contributed by atoms with Gasteiger partial charge in [0.15, 0.2) is 0 Å². The number of amides is 2. The van der Waals surface area contributed by atoms with Crippen LogP contribution in [0.1, 0.15) is 62.4 Å². The average molecular weight is 634 g/mol. The highest BCUT2D eigenvalue weighted by Gasteiger charge is 2.49. The van der Waals surface area contributed by atoms with Crippen molar-refractivity contribution in [2.24, 2.45) is 17.1 Å². The number of primary amides is 1. The minimum Gasteiger partial charge on any atom is -0.391 e. The number of nitrogens with two attached hydrogens (primary N) is 1. The maximum Gasteiger partial charge on any atom is 0.249 e. The van der Waals surface area contributed by atoms with Gasteiger partial charge in [0.1, 0.15) is 11.6 Å². The van der Waals surface area contributed by atoms with Gasteiger partial charge in [-0.05, 0) is 72.6 Å². The number of hydrogen-bond acceptors (Lipinski definition) is 5. The molecule has 1 unspecified atom stereocenters. The highest BCUT2D eigenvalue weighted by Crippen LogP contribution is 2.46. The van der Waals surface area contributed by atoms with Crippen molar-refractivity contribution in [2.75, 3.05) is 19.6 Å². The quantitative estimate of drug-likeness (QED) is 0.175. The molecule has 4 rings (SSSR count). The Hall–Kier alpha value is -4.15. The molecule has 1 aliphatic rings. The lowest BCUT2D eigenvalue weighted by atomic mass is 9.63. The van der Waals surface area contributed by atoms with E-state index in [1.165, 1.54) is 24.0 Å². The van der Waals surface area contributed by atoms with Crippen LogP contribution in [0.5, 0.6) is 0 Å². The van der Waals surface area contributed by atoms with Crippen molar-refractivity contribution in [1.82, 2.24) is 20.2 Å². The molecule has 2 amide bonds. The van der Waals surface area contributed by atoms with Crippen LogP contribution in [-0.2, 0) is 29.0 Å². The molecule has 3 aromatic rings. The van der Waals surface area contributed by atoms with Crippen LogP contribution in [0.4, 0.5) is 8.78 Å². The molecular formula is C36H45F2N5O3. The maximum atomic E-state index is 14.4. The number of H-pyrrole nitrogens is 1. The fourth-order valence-corrected chi connectivity index (χ4v) is 6.38. The number of aromatic nitrogens is 2. The van der Waals surface area contributed by atoms with Gasteiger partial charge in [-0.3, -0.25) is 9.59 Å². The van der Waals surface area contributed by atoms with Gasteiger partial charge >= 0.3 is 0 Å². The number of nitrogens with one attached hydrogen (secondary N) is 2. The minimum atomic E-state index is -1.59. The highest BCUT2D eigenvalue weighted by atomic mass is 19.1. The van der Waals surface area contributed by atoms with Crippen molar-refractivity contribution in [1.29, 1.82) is 0 Å². The maximum absolute atomic E-state index is 14.4. The minimum absolute atomic E-state index is 0.0614. The Kier molecular flexibility index (Phi) is 12.0. The first-order valence-electron chi connectivity index (χ1n) is 16.0. The summed E-state index contributed by atoms with van der Waals surface area (Å²) in [6, 6.07) is 11.2. The van der Waals surface area contributed by atoms with E-state index in [0.29, 0.717) is 36.5 Å². The lowest BCUT2D eigenvalue weighted by molar-refractivity contribution is -0.132. The summed E-state index contributed by atoms with van der Waals surface area (Å²) in [5.41, 5.74) is 8.56. The van der Waals surface area contributed by atoms with Crippen molar-refractivity contribution in [3.63, 3.8) is 0 Å². The monoisotopic (exact) mass is 633 g/mol. The molecule has 8 nitrogen and oxygen atoms in total. The Morgan fingerprint density at radius 2 is 1.76 bits per heavy atom. The van der Waals surface area contributed by atoms with Crippen LogP contribution in [0.3, 0.4) is 0 Å². The van der Waals surface area contributed by atoms with Gasteiger partial charge < -0.3 is 26.0 Å². The first-order valence-corrected chi connectivity index (χ1v) is 16.0. The Balaban J connectivity index is 1.77. The zero-order valence-electron chi connectivity index (χ0n) is 26.9. The zero-order valence-corrected chi connectivity index (χ0v) is 26.9. The third-order valence-electron chi connectivity index (χ3n) is 8.63. The second-order valence-corrected chi connectivity index (χ2v) is 12.1. The summed E-state index contributed by atoms with van der Waals surface area (Å²) in [5, 5.41) is 15.1. The summed E-state index contributed by atoms with van der Waals surface area (Å²) in [6.45, 7) is 7.65. The van der Waals surface area contributed by atoms with E-state index in [0.717, 1.165) is 30.9 Å². The zero-order chi connectivity index (χ0) is 33.3. The molecule has 0 saturated heterocycles. The van der Waals surface area contributed by atoms with Crippen LogP contribution in [0, 0.1) is 23.0 Å². The van der Waals surface area contributed by atoms with Crippen LogP contribution >= 0.6 is 0 Å². The van der Waals surface area contributed by atoms with Crippen LogP contribution in [0.15, 0.2) is 72.7 Å². The number of benzene rings is 2. The molecular weight excluding hydrogens is 588 g/mol. The molecule has 0 fully saturated rings. The smallest absolute Gasteiger partial charge is 0.249 e. The molecule has 1 heterocycles. The molecule has 3 atom stereocenters. The lowest BCUT2D eigenvalue weighted by Gasteiger charge is -2.42. The van der Waals surface area contributed by atoms with Gasteiger partial charge in [0.05, 0.1) is 29.7 Å². The largest absolute Gasteiger partial charge is 0.391 e. The SMILES string of the molecule is CCCN(CCC)C(=O)C1=CC(c2cnc[nH]2)=CC(C(N)=O)([C@H](Cc2cc(F)cc(F)c2)[C@@H](O)CNCc2cccc(CC)c2)C1. The number of imidazole rings is 1. The van der Waals surface area contributed by atoms with E-state index in [1.54, 1.807) is 23.2 Å². The Morgan fingerprint density at radius 3 is 2.37 bits per heavy atom. The van der Waals surface area contributed by atoms with E-state index < -0.39 is 35.0 Å². The summed E-state index contributed by atoms with van der Waals surface area (Å²) in [4.78, 5) is 36.7. The van der Waals surface area contributed by atoms with E-state index in [1.807, 2.05) is 32.0 Å². The Labute approximate surface area is 269 Å². The first-order chi connectivity index (χ1) is 22.1. The predicted molar refractivity (Wildman–Crippen MR) is 175 cm³/mol. The molecule has 1 aromatic heterocycles. The lowest BCUT2D eigenvalue weighted by Crippen LogP contribution is -2.51. The third-order valence-corrected chi connectivity index (χ3v) is 8.63. The van der Waals surface area contributed by atoms with Crippen molar-refractivity contribution in [2.45, 2.75) is 65.5 Å². The van der Waals surface area contributed by atoms with E-state index in [2.05, 4.69) is 28.3 Å². The summed E-state index contributed by atoms with van der Waals surface area (Å²) in [6.07, 6.45) is 7.53. The van der Waals surface area contributed by atoms with Gasteiger partial charge in [0, 0.05) is 43.7 Å². The molecule has 0 spiro atoms. The number of carbonyl (C=O) groups is 2. The number of aliphatic hydroxyl groups excluding tert-OH is 1. The van der Waals surface area contributed by atoms with Gasteiger partial charge in [-0.1, -0.05) is 51.1 Å². The summed E-state index contributed by atoms with van der Waals surface area (Å²) >= 11 is 0. The average Bonchev–Trinajstić information content (AvgIpc) is 3.58. The number of rotatable bonds is 16. The predicted octanol–water partition coefficient (Wildman–Crippen LogP) is 5.09. The fourth-order valence-electron chi connectivity index (χ4n) is 6.38. The van der Waals surface area contributed by atoms with Crippen molar-refractivity contribution in [3.8, 4) is 0 Å². The van der Waals surface area contributed by atoms with Gasteiger partial charge in [0.2, 0.25) is 11.8 Å². The van der Waals surface area contributed by atoms with Crippen LogP contribution < -0.4 is 11.1 Å². The van der Waals surface area contributed by atoms with E-state index in [9.17, 15) is 23.5 Å². The number of aromatic amines is 1. The number of carbonyl (C=O) groups excluding carboxylic acids is 2. The molecule has 0 bridgehead atoms. The van der Waals surface area contributed by atoms with Crippen LogP contribution in [-0.4, -0.2) is 57.5 Å². The van der Waals surface area contributed by atoms with Crippen molar-refractivity contribution in [3.05, 3.63) is 107 Å². The summed E-state index contributed by atoms with van der Waals surface area (Å²) < 4.78 is 28.8. The highest BCUT2D eigenvalue weighted by molar-refractivity contribution is 6.00. The molecule has 0 saturated carbocycles. The number of aryl methyl sites for hydroxylation is 1. The molecule has 0 radical (unpaired) electrons. The number of halogens is 2. The van der Waals surface area contributed by atoms with Crippen molar-refractivity contribution < 1.29 is 23.5 Å². The Bertz CT molecular complexity index is 1530. The van der Waals surface area contributed by atoms with Crippen molar-refractivity contribution >= 4 is 17.4 Å². The summed E-state index contributed by atoms with van der Waals surface area (Å²) in [7, 11) is 0. The first kappa shape index (κ1) is 34.7. The molecule has 246 valence electrons. The molecule has 46 heavy (non-hydrogen) atoms. The van der Waals surface area contributed by atoms with Gasteiger partial charge in [-0.15, -0.1) is 0 Å². The van der Waals surface area contributed by atoms with Gasteiger partial charge in [0.25, 0.3) is 0 Å². The van der Waals surface area contributed by atoms with Crippen LogP contribution in [0.2, 0.25) is 0 Å². The summed E-state index contributed by atoms with van der Waals surface area (Å²) in [5.74, 6) is -3.47. The third kappa shape index (κ3) is 8.35.